The van der Waals surface area contributed by atoms with Crippen molar-refractivity contribution < 1.29 is 27.8 Å². The van der Waals surface area contributed by atoms with Gasteiger partial charge in [0.2, 0.25) is 5.95 Å². The van der Waals surface area contributed by atoms with Crippen molar-refractivity contribution in [2.75, 3.05) is 18.0 Å². The number of hydrogen-bond acceptors (Lipinski definition) is 6. The van der Waals surface area contributed by atoms with Gasteiger partial charge >= 0.3 is 12.6 Å². The molecule has 2 atom stereocenters. The van der Waals surface area contributed by atoms with Crippen LogP contribution in [0.4, 0.5) is 19.1 Å². The summed E-state index contributed by atoms with van der Waals surface area (Å²) in [5.74, 6) is -0.572. The SMILES string of the molecule is Cc1nc2cc(F)c(-c3cnc(N4CCC5(C(=O)O)CC5C4)nc3)cn2c1Cc1ccccc1OC(F)F. The summed E-state index contributed by atoms with van der Waals surface area (Å²) in [6.07, 6.45) is 6.19. The van der Waals surface area contributed by atoms with Crippen LogP contribution in [0.25, 0.3) is 16.8 Å². The molecule has 1 saturated carbocycles. The smallest absolute Gasteiger partial charge is 0.387 e. The number of imidazole rings is 1. The normalized spacial score (nSPS) is 20.6. The minimum Gasteiger partial charge on any atom is -0.481 e. The number of aromatic nitrogens is 4. The second-order valence-corrected chi connectivity index (χ2v) is 9.90. The predicted molar refractivity (Wildman–Crippen MR) is 132 cm³/mol. The van der Waals surface area contributed by atoms with Gasteiger partial charge in [-0.05, 0) is 31.7 Å². The highest BCUT2D eigenvalue weighted by molar-refractivity contribution is 5.79. The average Bonchev–Trinajstić information content (AvgIpc) is 3.57. The summed E-state index contributed by atoms with van der Waals surface area (Å²) < 4.78 is 47.3. The number of anilines is 1. The van der Waals surface area contributed by atoms with Gasteiger partial charge in [0.25, 0.3) is 0 Å². The summed E-state index contributed by atoms with van der Waals surface area (Å²) in [4.78, 5) is 26.9. The Hall–Kier alpha value is -4.15. The number of alkyl halides is 2. The number of aryl methyl sites for hydroxylation is 1. The van der Waals surface area contributed by atoms with E-state index in [1.807, 2.05) is 4.90 Å². The van der Waals surface area contributed by atoms with Crippen molar-refractivity contribution in [2.45, 2.75) is 32.8 Å². The van der Waals surface area contributed by atoms with Gasteiger partial charge in [0.05, 0.1) is 11.1 Å². The number of benzene rings is 1. The largest absolute Gasteiger partial charge is 0.481 e. The van der Waals surface area contributed by atoms with E-state index in [0.717, 1.165) is 0 Å². The first-order valence-electron chi connectivity index (χ1n) is 12.3. The Balaban J connectivity index is 1.28. The molecule has 3 aromatic heterocycles. The molecule has 1 aliphatic heterocycles. The highest BCUT2D eigenvalue weighted by Crippen LogP contribution is 2.58. The third kappa shape index (κ3) is 4.11. The number of ether oxygens (including phenoxy) is 1. The first-order valence-corrected chi connectivity index (χ1v) is 12.3. The lowest BCUT2D eigenvalue weighted by molar-refractivity contribution is -0.144. The summed E-state index contributed by atoms with van der Waals surface area (Å²) >= 11 is 0. The monoisotopic (exact) mass is 523 g/mol. The van der Waals surface area contributed by atoms with Crippen LogP contribution in [0.2, 0.25) is 0 Å². The number of halogens is 3. The number of pyridine rings is 1. The van der Waals surface area contributed by atoms with Crippen LogP contribution >= 0.6 is 0 Å². The van der Waals surface area contributed by atoms with E-state index >= 15 is 4.39 Å². The van der Waals surface area contributed by atoms with Crippen LogP contribution in [-0.4, -0.2) is 50.1 Å². The molecule has 1 N–H and O–H groups in total. The van der Waals surface area contributed by atoms with E-state index in [9.17, 15) is 18.7 Å². The number of aliphatic carboxylic acids is 1. The third-order valence-electron chi connectivity index (χ3n) is 7.71. The number of carboxylic acid groups (broad SMARTS) is 1. The molecule has 4 aromatic rings. The predicted octanol–water partition coefficient (Wildman–Crippen LogP) is 4.73. The highest BCUT2D eigenvalue weighted by atomic mass is 19.3. The first-order chi connectivity index (χ1) is 18.2. The van der Waals surface area contributed by atoms with Crippen LogP contribution in [0.1, 0.15) is 29.8 Å². The van der Waals surface area contributed by atoms with Gasteiger partial charge in [-0.25, -0.2) is 19.3 Å². The molecule has 1 aliphatic carbocycles. The van der Waals surface area contributed by atoms with Crippen molar-refractivity contribution in [1.29, 1.82) is 0 Å². The van der Waals surface area contributed by atoms with Crippen LogP contribution in [0, 0.1) is 24.1 Å². The van der Waals surface area contributed by atoms with E-state index in [4.69, 9.17) is 0 Å². The molecule has 0 bridgehead atoms. The van der Waals surface area contributed by atoms with Crippen LogP contribution < -0.4 is 9.64 Å². The molecule has 0 spiro atoms. The zero-order chi connectivity index (χ0) is 26.6. The minimum atomic E-state index is -2.95. The number of hydrogen-bond donors (Lipinski definition) is 1. The molecule has 1 saturated heterocycles. The number of fused-ring (bicyclic) bond motifs is 2. The minimum absolute atomic E-state index is 0.0766. The summed E-state index contributed by atoms with van der Waals surface area (Å²) in [7, 11) is 0. The van der Waals surface area contributed by atoms with Crippen molar-refractivity contribution in [2.24, 2.45) is 11.3 Å². The topological polar surface area (TPSA) is 92.9 Å². The molecule has 8 nitrogen and oxygen atoms in total. The molecule has 2 fully saturated rings. The maximum atomic E-state index is 15.1. The molecular weight excluding hydrogens is 499 g/mol. The Morgan fingerprint density at radius 3 is 2.74 bits per heavy atom. The van der Waals surface area contributed by atoms with Crippen molar-refractivity contribution in [3.63, 3.8) is 0 Å². The third-order valence-corrected chi connectivity index (χ3v) is 7.71. The Labute approximate surface area is 215 Å². The fourth-order valence-electron chi connectivity index (χ4n) is 5.49. The van der Waals surface area contributed by atoms with E-state index < -0.39 is 23.8 Å². The Morgan fingerprint density at radius 2 is 2.03 bits per heavy atom. The Morgan fingerprint density at radius 1 is 1.26 bits per heavy atom. The van der Waals surface area contributed by atoms with Gasteiger partial charge in [-0.1, -0.05) is 18.2 Å². The van der Waals surface area contributed by atoms with E-state index in [-0.39, 0.29) is 23.7 Å². The van der Waals surface area contributed by atoms with Gasteiger partial charge in [-0.15, -0.1) is 0 Å². The molecule has 4 heterocycles. The van der Waals surface area contributed by atoms with Gasteiger partial charge in [-0.2, -0.15) is 8.78 Å². The van der Waals surface area contributed by atoms with Crippen LogP contribution in [0.15, 0.2) is 48.9 Å². The molecule has 38 heavy (non-hydrogen) atoms. The van der Waals surface area contributed by atoms with Crippen molar-refractivity contribution >= 4 is 17.6 Å². The summed E-state index contributed by atoms with van der Waals surface area (Å²) in [5.41, 5.74) is 2.44. The van der Waals surface area contributed by atoms with Gasteiger partial charge in [0.1, 0.15) is 17.2 Å². The van der Waals surface area contributed by atoms with E-state index in [1.165, 1.54) is 12.1 Å². The highest BCUT2D eigenvalue weighted by Gasteiger charge is 2.62. The molecular formula is C27H24F3N5O3. The zero-order valence-electron chi connectivity index (χ0n) is 20.4. The fourth-order valence-corrected chi connectivity index (χ4v) is 5.49. The molecule has 1 aromatic carbocycles. The van der Waals surface area contributed by atoms with Crippen LogP contribution in [-0.2, 0) is 11.2 Å². The molecule has 0 radical (unpaired) electrons. The van der Waals surface area contributed by atoms with Gasteiger partial charge < -0.3 is 19.1 Å². The van der Waals surface area contributed by atoms with Crippen LogP contribution in [0.5, 0.6) is 5.75 Å². The second-order valence-electron chi connectivity index (χ2n) is 9.90. The number of carboxylic acids is 1. The molecule has 11 heteroatoms. The maximum absolute atomic E-state index is 15.1. The van der Waals surface area contributed by atoms with Crippen molar-refractivity contribution in [3.8, 4) is 16.9 Å². The average molecular weight is 524 g/mol. The molecule has 196 valence electrons. The lowest BCUT2D eigenvalue weighted by Gasteiger charge is -2.29. The molecule has 2 aliphatic rings. The summed E-state index contributed by atoms with van der Waals surface area (Å²) in [5, 5.41) is 9.48. The number of rotatable bonds is 7. The summed E-state index contributed by atoms with van der Waals surface area (Å²) in [6, 6.07) is 7.87. The number of para-hydroxylation sites is 1. The number of piperidine rings is 1. The number of carbonyl (C=O) groups is 1. The molecule has 6 rings (SSSR count). The lowest BCUT2D eigenvalue weighted by Crippen LogP contribution is -2.38. The second kappa shape index (κ2) is 9.00. The lowest BCUT2D eigenvalue weighted by atomic mass is 9.96. The van der Waals surface area contributed by atoms with Crippen molar-refractivity contribution in [1.82, 2.24) is 19.4 Å². The van der Waals surface area contributed by atoms with Crippen molar-refractivity contribution in [3.05, 3.63) is 71.7 Å². The Bertz CT molecular complexity index is 1540. The van der Waals surface area contributed by atoms with Crippen LogP contribution in [0.3, 0.4) is 0 Å². The molecule has 0 amide bonds. The van der Waals surface area contributed by atoms with Gasteiger partial charge in [-0.3, -0.25) is 4.79 Å². The molecule has 2 unspecified atom stereocenters. The van der Waals surface area contributed by atoms with Gasteiger partial charge in [0, 0.05) is 66.6 Å². The zero-order valence-corrected chi connectivity index (χ0v) is 20.4. The first kappa shape index (κ1) is 24.2. The van der Waals surface area contributed by atoms with E-state index in [2.05, 4.69) is 19.7 Å². The van der Waals surface area contributed by atoms with E-state index in [0.29, 0.717) is 60.0 Å². The van der Waals surface area contributed by atoms with E-state index in [1.54, 1.807) is 48.1 Å². The van der Waals surface area contributed by atoms with Gasteiger partial charge in [0.15, 0.2) is 0 Å². The quantitative estimate of drug-likeness (QED) is 0.374. The fraction of sp³-hybridized carbons (Fsp3) is 0.333. The summed E-state index contributed by atoms with van der Waals surface area (Å²) in [6.45, 7) is -0.0274. The number of nitrogens with zero attached hydrogens (tertiary/aromatic N) is 5. The standard InChI is InChI=1S/C27H24F3N5O3/c1-15-21(8-16-4-2-3-5-22(16)38-25(29)30)35-14-19(20(28)9-23(35)33-15)17-11-31-26(32-12-17)34-7-6-27(24(36)37)10-18(27)13-34/h2-5,9,11-12,14,18,25H,6-8,10,13H2,1H3,(H,36,37). The Kier molecular flexibility index (Phi) is 5.73. The maximum Gasteiger partial charge on any atom is 0.387 e.